The molecule has 1 aromatic heterocycles. The Labute approximate surface area is 183 Å². The zero-order valence-corrected chi connectivity index (χ0v) is 17.7. The Morgan fingerprint density at radius 2 is 1.91 bits per heavy atom. The lowest BCUT2D eigenvalue weighted by Gasteiger charge is -2.24. The van der Waals surface area contributed by atoms with Crippen molar-refractivity contribution in [1.82, 2.24) is 14.8 Å². The van der Waals surface area contributed by atoms with E-state index < -0.39 is 11.7 Å². The van der Waals surface area contributed by atoms with Crippen LogP contribution in [0.1, 0.15) is 38.7 Å². The van der Waals surface area contributed by atoms with Crippen LogP contribution in [-0.4, -0.2) is 26.8 Å². The number of nitrogens with zero attached hydrogens (tertiary/aromatic N) is 3. The fourth-order valence-corrected chi connectivity index (χ4v) is 3.39. The lowest BCUT2D eigenvalue weighted by atomic mass is 9.85. The third-order valence-electron chi connectivity index (χ3n) is 5.21. The average molecular weight is 444 g/mol. The Bertz CT molecular complexity index is 1120. The number of halogens is 3. The number of aromatic nitrogens is 3. The average Bonchev–Trinajstić information content (AvgIpc) is 3.09. The van der Waals surface area contributed by atoms with Crippen molar-refractivity contribution in [3.63, 3.8) is 0 Å². The molecule has 3 aromatic rings. The summed E-state index contributed by atoms with van der Waals surface area (Å²) in [5.41, 5.74) is 0.582. The minimum atomic E-state index is -4.48. The first-order valence-corrected chi connectivity index (χ1v) is 10.4. The molecule has 6 nitrogen and oxygen atoms in total. The van der Waals surface area contributed by atoms with Gasteiger partial charge in [0.2, 0.25) is 5.91 Å². The molecule has 168 valence electrons. The molecule has 32 heavy (non-hydrogen) atoms. The number of benzene rings is 2. The minimum absolute atomic E-state index is 0.0248. The van der Waals surface area contributed by atoms with Crippen molar-refractivity contribution in [2.75, 3.05) is 5.32 Å². The van der Waals surface area contributed by atoms with E-state index in [1.807, 2.05) is 0 Å². The number of hydrogen-bond acceptors (Lipinski definition) is 4. The normalized spacial score (nSPS) is 14.3. The molecule has 0 aliphatic heterocycles. The summed E-state index contributed by atoms with van der Waals surface area (Å²) in [6, 6.07) is 11.9. The van der Waals surface area contributed by atoms with Gasteiger partial charge in [0, 0.05) is 17.2 Å². The molecule has 4 rings (SSSR count). The highest BCUT2D eigenvalue weighted by Gasteiger charge is 2.31. The lowest BCUT2D eigenvalue weighted by molar-refractivity contribution is -0.137. The molecule has 1 saturated carbocycles. The number of nitrogens with one attached hydrogen (secondary N) is 1. The Morgan fingerprint density at radius 3 is 2.56 bits per heavy atom. The van der Waals surface area contributed by atoms with Crippen molar-refractivity contribution in [2.45, 2.75) is 45.4 Å². The summed E-state index contributed by atoms with van der Waals surface area (Å²) < 4.78 is 46.8. The largest absolute Gasteiger partial charge is 0.460 e. The molecule has 0 unspecified atom stereocenters. The van der Waals surface area contributed by atoms with E-state index in [-0.39, 0.29) is 35.3 Å². The van der Waals surface area contributed by atoms with E-state index in [2.05, 4.69) is 15.4 Å². The van der Waals surface area contributed by atoms with Crippen LogP contribution in [0.2, 0.25) is 0 Å². The number of amides is 1. The van der Waals surface area contributed by atoms with Crippen LogP contribution in [0.15, 0.2) is 48.5 Å². The number of hydrogen-bond donors (Lipinski definition) is 1. The highest BCUT2D eigenvalue weighted by atomic mass is 19.4. The van der Waals surface area contributed by atoms with Crippen molar-refractivity contribution < 1.29 is 22.7 Å². The summed E-state index contributed by atoms with van der Waals surface area (Å²) in [6.07, 6.45) is -1.89. The predicted molar refractivity (Wildman–Crippen MR) is 114 cm³/mol. The molecule has 1 heterocycles. The molecule has 1 fully saturated rings. The van der Waals surface area contributed by atoms with Crippen molar-refractivity contribution in [1.29, 1.82) is 0 Å². The van der Waals surface area contributed by atoms with Crippen LogP contribution < -0.4 is 10.1 Å². The number of ether oxygens (including phenoxy) is 1. The van der Waals surface area contributed by atoms with Gasteiger partial charge >= 0.3 is 12.2 Å². The molecule has 0 saturated heterocycles. The highest BCUT2D eigenvalue weighted by Crippen LogP contribution is 2.33. The van der Waals surface area contributed by atoms with Crippen molar-refractivity contribution in [3.05, 3.63) is 54.1 Å². The van der Waals surface area contributed by atoms with E-state index in [1.54, 1.807) is 38.1 Å². The SMILES string of the molecule is CC(C)Oc1nc(-c2cccc(C(F)(F)F)c2)n(-c2cccc(NC(=O)C3CCC3)c2)n1. The van der Waals surface area contributed by atoms with E-state index >= 15 is 0 Å². The second-order valence-corrected chi connectivity index (χ2v) is 8.04. The molecule has 9 heteroatoms. The van der Waals surface area contributed by atoms with Crippen molar-refractivity contribution >= 4 is 11.6 Å². The van der Waals surface area contributed by atoms with Gasteiger partial charge in [-0.05, 0) is 57.0 Å². The fraction of sp³-hybridized carbons (Fsp3) is 0.348. The summed E-state index contributed by atoms with van der Waals surface area (Å²) in [5, 5.41) is 7.26. The van der Waals surface area contributed by atoms with Gasteiger partial charge in [-0.2, -0.15) is 18.2 Å². The smallest absolute Gasteiger partial charge is 0.416 e. The van der Waals surface area contributed by atoms with Crippen molar-refractivity contribution in [2.24, 2.45) is 5.92 Å². The van der Waals surface area contributed by atoms with Gasteiger partial charge in [-0.25, -0.2) is 4.68 Å². The molecular weight excluding hydrogens is 421 g/mol. The molecule has 0 atom stereocenters. The quantitative estimate of drug-likeness (QED) is 0.547. The summed E-state index contributed by atoms with van der Waals surface area (Å²) in [7, 11) is 0. The molecule has 0 radical (unpaired) electrons. The van der Waals surface area contributed by atoms with E-state index in [9.17, 15) is 18.0 Å². The molecular formula is C23H23F3N4O2. The number of carbonyl (C=O) groups excluding carboxylic acids is 1. The first kappa shape index (κ1) is 21.9. The first-order chi connectivity index (χ1) is 15.2. The molecule has 1 N–H and O–H groups in total. The van der Waals surface area contributed by atoms with Crippen LogP contribution in [0.5, 0.6) is 6.01 Å². The first-order valence-electron chi connectivity index (χ1n) is 10.4. The van der Waals surface area contributed by atoms with Crippen LogP contribution in [0.3, 0.4) is 0 Å². The maximum atomic E-state index is 13.3. The van der Waals surface area contributed by atoms with Crippen molar-refractivity contribution in [3.8, 4) is 23.1 Å². The molecule has 2 aromatic carbocycles. The van der Waals surface area contributed by atoms with Gasteiger partial charge in [-0.1, -0.05) is 24.6 Å². The van der Waals surface area contributed by atoms with Gasteiger partial charge in [0.25, 0.3) is 0 Å². The minimum Gasteiger partial charge on any atom is -0.460 e. The van der Waals surface area contributed by atoms with Gasteiger partial charge in [-0.15, -0.1) is 5.10 Å². The molecule has 0 bridgehead atoms. The van der Waals surface area contributed by atoms with E-state index in [1.165, 1.54) is 16.8 Å². The topological polar surface area (TPSA) is 69.0 Å². The van der Waals surface area contributed by atoms with Crippen LogP contribution >= 0.6 is 0 Å². The summed E-state index contributed by atoms with van der Waals surface area (Å²) >= 11 is 0. The fourth-order valence-electron chi connectivity index (χ4n) is 3.39. The van der Waals surface area contributed by atoms with Crippen LogP contribution in [0, 0.1) is 5.92 Å². The monoisotopic (exact) mass is 444 g/mol. The summed E-state index contributed by atoms with van der Waals surface area (Å²) in [6.45, 7) is 3.61. The maximum Gasteiger partial charge on any atom is 0.416 e. The Balaban J connectivity index is 1.73. The molecule has 1 amide bonds. The summed E-state index contributed by atoms with van der Waals surface area (Å²) in [4.78, 5) is 16.7. The third kappa shape index (κ3) is 4.76. The van der Waals surface area contributed by atoms with Crippen LogP contribution in [-0.2, 0) is 11.0 Å². The van der Waals surface area contributed by atoms with Gasteiger partial charge in [0.05, 0.1) is 17.4 Å². The molecule has 1 aliphatic carbocycles. The number of carbonyl (C=O) groups is 1. The zero-order chi connectivity index (χ0) is 22.9. The highest BCUT2D eigenvalue weighted by molar-refractivity contribution is 5.93. The van der Waals surface area contributed by atoms with Crippen LogP contribution in [0.25, 0.3) is 17.1 Å². The standard InChI is InChI=1S/C23H23F3N4O2/c1-14(2)32-22-28-20(16-8-4-9-17(12-16)23(24,25)26)30(29-22)19-11-5-10-18(13-19)27-21(31)15-6-3-7-15/h4-5,8-15H,3,6-7H2,1-2H3,(H,27,31). The third-order valence-corrected chi connectivity index (χ3v) is 5.21. The Morgan fingerprint density at radius 1 is 1.16 bits per heavy atom. The second kappa shape index (κ2) is 8.64. The van der Waals surface area contributed by atoms with E-state index in [4.69, 9.17) is 4.74 Å². The maximum absolute atomic E-state index is 13.3. The molecule has 0 spiro atoms. The number of rotatable bonds is 6. The number of anilines is 1. The van der Waals surface area contributed by atoms with Gasteiger partial charge < -0.3 is 10.1 Å². The summed E-state index contributed by atoms with van der Waals surface area (Å²) in [5.74, 6) is 0.194. The zero-order valence-electron chi connectivity index (χ0n) is 17.7. The molecule has 1 aliphatic rings. The Kier molecular flexibility index (Phi) is 5.90. The van der Waals surface area contributed by atoms with Gasteiger partial charge in [0.1, 0.15) is 0 Å². The number of alkyl halides is 3. The second-order valence-electron chi connectivity index (χ2n) is 8.04. The Hall–Kier alpha value is -3.36. The van der Waals surface area contributed by atoms with E-state index in [0.717, 1.165) is 31.4 Å². The lowest BCUT2D eigenvalue weighted by Crippen LogP contribution is -2.28. The predicted octanol–water partition coefficient (Wildman–Crippen LogP) is 5.48. The van der Waals surface area contributed by atoms with E-state index in [0.29, 0.717) is 11.4 Å². The van der Waals surface area contributed by atoms with Gasteiger partial charge in [-0.3, -0.25) is 4.79 Å². The van der Waals surface area contributed by atoms with Gasteiger partial charge in [0.15, 0.2) is 5.82 Å². The van der Waals surface area contributed by atoms with Crippen LogP contribution in [0.4, 0.5) is 18.9 Å².